The second-order valence-electron chi connectivity index (χ2n) is 3.89. The topological polar surface area (TPSA) is 27.0 Å². The van der Waals surface area contributed by atoms with Crippen LogP contribution in [-0.4, -0.2) is 11.4 Å². The lowest BCUT2D eigenvalue weighted by Gasteiger charge is -2.12. The number of nitrogens with zero attached hydrogens (tertiary/aromatic N) is 2. The summed E-state index contributed by atoms with van der Waals surface area (Å²) in [5.74, 6) is 0. The molecule has 1 aromatic rings. The third-order valence-electron chi connectivity index (χ3n) is 2.72. The van der Waals surface area contributed by atoms with Gasteiger partial charge in [-0.3, -0.25) is 4.90 Å². The monoisotopic (exact) mass is 264 g/mol. The summed E-state index contributed by atoms with van der Waals surface area (Å²) in [4.78, 5) is 2.40. The molecule has 0 bridgehead atoms. The minimum Gasteiger partial charge on any atom is -0.295 e. The van der Waals surface area contributed by atoms with Gasteiger partial charge in [0.25, 0.3) is 0 Å². The molecule has 0 aromatic heterocycles. The van der Waals surface area contributed by atoms with Gasteiger partial charge in [0.05, 0.1) is 6.07 Å². The molecular weight excluding hydrogens is 252 g/mol. The van der Waals surface area contributed by atoms with E-state index in [0.29, 0.717) is 6.42 Å². The maximum atomic E-state index is 8.48. The summed E-state index contributed by atoms with van der Waals surface area (Å²) < 4.78 is 1.15. The molecule has 0 aliphatic carbocycles. The Morgan fingerprint density at radius 1 is 1.33 bits per heavy atom. The lowest BCUT2D eigenvalue weighted by atomic mass is 10.1. The lowest BCUT2D eigenvalue weighted by Crippen LogP contribution is -2.17. The smallest absolute Gasteiger partial charge is 0.0622 e. The van der Waals surface area contributed by atoms with Gasteiger partial charge >= 0.3 is 0 Å². The lowest BCUT2D eigenvalue weighted by molar-refractivity contribution is 0.281. The Kier molecular flexibility index (Phi) is 3.40. The summed E-state index contributed by atoms with van der Waals surface area (Å²) in [7, 11) is 0. The van der Waals surface area contributed by atoms with Crippen molar-refractivity contribution in [3.8, 4) is 6.07 Å². The predicted octanol–water partition coefficient (Wildman–Crippen LogP) is 3.07. The minimum absolute atomic E-state index is 0.663. The highest BCUT2D eigenvalue weighted by Gasteiger charge is 2.17. The van der Waals surface area contributed by atoms with E-state index in [1.54, 1.807) is 0 Å². The standard InChI is InChI=1S/C12H13BrN2/c13-12-4-3-10-8-15(6-2-1-5-14)9-11(10)7-12/h3-4,7H,1-2,6,8-9H2. The van der Waals surface area contributed by atoms with E-state index in [1.165, 1.54) is 11.1 Å². The van der Waals surface area contributed by atoms with Gasteiger partial charge in [0.2, 0.25) is 0 Å². The highest BCUT2D eigenvalue weighted by atomic mass is 79.9. The Bertz CT molecular complexity index is 395. The number of hydrogen-bond acceptors (Lipinski definition) is 2. The molecular formula is C12H13BrN2. The third-order valence-corrected chi connectivity index (χ3v) is 3.21. The summed E-state index contributed by atoms with van der Waals surface area (Å²) in [6, 6.07) is 8.66. The Hall–Kier alpha value is -0.850. The minimum atomic E-state index is 0.663. The van der Waals surface area contributed by atoms with E-state index in [4.69, 9.17) is 5.26 Å². The van der Waals surface area contributed by atoms with Gasteiger partial charge in [-0.25, -0.2) is 0 Å². The fraction of sp³-hybridized carbons (Fsp3) is 0.417. The van der Waals surface area contributed by atoms with E-state index in [2.05, 4.69) is 45.1 Å². The van der Waals surface area contributed by atoms with Crippen molar-refractivity contribution in [3.05, 3.63) is 33.8 Å². The summed E-state index contributed by atoms with van der Waals surface area (Å²) in [5, 5.41) is 8.48. The van der Waals surface area contributed by atoms with E-state index in [-0.39, 0.29) is 0 Å². The van der Waals surface area contributed by atoms with Crippen molar-refractivity contribution in [2.75, 3.05) is 6.54 Å². The molecule has 1 heterocycles. The first kappa shape index (κ1) is 10.7. The third kappa shape index (κ3) is 2.58. The quantitative estimate of drug-likeness (QED) is 0.785. The number of halogens is 1. The van der Waals surface area contributed by atoms with E-state index in [0.717, 1.165) is 30.5 Å². The van der Waals surface area contributed by atoms with Gasteiger partial charge in [0.15, 0.2) is 0 Å². The molecule has 0 spiro atoms. The van der Waals surface area contributed by atoms with Crippen LogP contribution in [0.1, 0.15) is 24.0 Å². The van der Waals surface area contributed by atoms with Crippen molar-refractivity contribution in [2.45, 2.75) is 25.9 Å². The van der Waals surface area contributed by atoms with Crippen molar-refractivity contribution < 1.29 is 0 Å². The molecule has 0 atom stereocenters. The second kappa shape index (κ2) is 4.78. The first-order valence-corrected chi connectivity index (χ1v) is 5.95. The zero-order valence-electron chi connectivity index (χ0n) is 8.54. The Morgan fingerprint density at radius 3 is 2.93 bits per heavy atom. The number of nitriles is 1. The first-order valence-electron chi connectivity index (χ1n) is 5.16. The van der Waals surface area contributed by atoms with Crippen LogP contribution >= 0.6 is 15.9 Å². The molecule has 0 fully saturated rings. The fourth-order valence-electron chi connectivity index (χ4n) is 1.97. The van der Waals surface area contributed by atoms with Crippen LogP contribution in [0.3, 0.4) is 0 Å². The molecule has 0 radical (unpaired) electrons. The van der Waals surface area contributed by atoms with Gasteiger partial charge in [0, 0.05) is 24.0 Å². The zero-order chi connectivity index (χ0) is 10.7. The molecule has 3 heteroatoms. The molecule has 0 saturated carbocycles. The molecule has 1 aliphatic rings. The Morgan fingerprint density at radius 2 is 2.13 bits per heavy atom. The van der Waals surface area contributed by atoms with Crippen LogP contribution in [0.5, 0.6) is 0 Å². The molecule has 0 amide bonds. The summed E-state index contributed by atoms with van der Waals surface area (Å²) >= 11 is 3.49. The second-order valence-corrected chi connectivity index (χ2v) is 4.80. The maximum absolute atomic E-state index is 8.48. The molecule has 0 unspecified atom stereocenters. The molecule has 1 aromatic carbocycles. The average Bonchev–Trinajstić information content (AvgIpc) is 2.60. The largest absolute Gasteiger partial charge is 0.295 e. The van der Waals surface area contributed by atoms with Crippen molar-refractivity contribution in [3.63, 3.8) is 0 Å². The predicted molar refractivity (Wildman–Crippen MR) is 63.1 cm³/mol. The van der Waals surface area contributed by atoms with Crippen molar-refractivity contribution in [1.82, 2.24) is 4.90 Å². The van der Waals surface area contributed by atoms with Crippen LogP contribution < -0.4 is 0 Å². The van der Waals surface area contributed by atoms with Crippen molar-refractivity contribution in [2.24, 2.45) is 0 Å². The van der Waals surface area contributed by atoms with Crippen molar-refractivity contribution >= 4 is 15.9 Å². The Balaban J connectivity index is 1.95. The zero-order valence-corrected chi connectivity index (χ0v) is 10.1. The molecule has 2 nitrogen and oxygen atoms in total. The van der Waals surface area contributed by atoms with E-state index in [1.807, 2.05) is 0 Å². The normalized spacial score (nSPS) is 14.9. The highest BCUT2D eigenvalue weighted by Crippen LogP contribution is 2.25. The van der Waals surface area contributed by atoms with Crippen LogP contribution in [0.25, 0.3) is 0 Å². The number of unbranched alkanes of at least 4 members (excludes halogenated alkanes) is 1. The summed E-state index contributed by atoms with van der Waals surface area (Å²) in [6.07, 6.45) is 1.64. The number of benzene rings is 1. The summed E-state index contributed by atoms with van der Waals surface area (Å²) in [5.41, 5.74) is 2.84. The van der Waals surface area contributed by atoms with E-state index < -0.39 is 0 Å². The summed E-state index contributed by atoms with van der Waals surface area (Å²) in [6.45, 7) is 3.09. The molecule has 1 aliphatic heterocycles. The van der Waals surface area contributed by atoms with Crippen LogP contribution in [-0.2, 0) is 13.1 Å². The van der Waals surface area contributed by atoms with Gasteiger partial charge in [-0.2, -0.15) is 5.26 Å². The molecule has 15 heavy (non-hydrogen) atoms. The molecule has 78 valence electrons. The van der Waals surface area contributed by atoms with Gasteiger partial charge in [-0.1, -0.05) is 22.0 Å². The van der Waals surface area contributed by atoms with Crippen molar-refractivity contribution in [1.29, 1.82) is 5.26 Å². The number of rotatable bonds is 3. The number of hydrogen-bond donors (Lipinski definition) is 0. The Labute approximate surface area is 98.6 Å². The van der Waals surface area contributed by atoms with E-state index in [9.17, 15) is 0 Å². The molecule has 2 rings (SSSR count). The highest BCUT2D eigenvalue weighted by molar-refractivity contribution is 9.10. The number of fused-ring (bicyclic) bond motifs is 1. The van der Waals surface area contributed by atoms with Crippen LogP contribution in [0.2, 0.25) is 0 Å². The average molecular weight is 265 g/mol. The maximum Gasteiger partial charge on any atom is 0.0622 e. The SMILES string of the molecule is N#CCCCN1Cc2ccc(Br)cc2C1. The molecule has 0 saturated heterocycles. The fourth-order valence-corrected chi connectivity index (χ4v) is 2.38. The van der Waals surface area contributed by atoms with Gasteiger partial charge in [-0.05, 0) is 36.2 Å². The van der Waals surface area contributed by atoms with Gasteiger partial charge < -0.3 is 0 Å². The van der Waals surface area contributed by atoms with Gasteiger partial charge in [-0.15, -0.1) is 0 Å². The first-order chi connectivity index (χ1) is 7.29. The molecule has 0 N–H and O–H groups in total. The van der Waals surface area contributed by atoms with Crippen LogP contribution in [0, 0.1) is 11.3 Å². The van der Waals surface area contributed by atoms with Crippen LogP contribution in [0.15, 0.2) is 22.7 Å². The van der Waals surface area contributed by atoms with Gasteiger partial charge in [0.1, 0.15) is 0 Å². The van der Waals surface area contributed by atoms with Crippen LogP contribution in [0.4, 0.5) is 0 Å². The van der Waals surface area contributed by atoms with E-state index >= 15 is 0 Å².